The number of oxime groups is 1. The first-order valence-electron chi connectivity index (χ1n) is 4.28. The number of hydrogen-bond acceptors (Lipinski definition) is 4. The number of nitrogens with one attached hydrogen (secondary N) is 1. The summed E-state index contributed by atoms with van der Waals surface area (Å²) in [6.07, 6.45) is 5.50. The largest absolute Gasteiger partial charge is 0.411 e. The van der Waals surface area contributed by atoms with Crippen molar-refractivity contribution in [1.82, 2.24) is 4.98 Å². The molecule has 1 aromatic heterocycles. The summed E-state index contributed by atoms with van der Waals surface area (Å²) in [5.74, 6) is 0.887. The lowest BCUT2D eigenvalue weighted by Crippen LogP contribution is -2.02. The van der Waals surface area contributed by atoms with E-state index in [1.54, 1.807) is 6.20 Å². The second kappa shape index (κ2) is 3.43. The predicted octanol–water partition coefficient (Wildman–Crippen LogP) is 1.46. The lowest BCUT2D eigenvalue weighted by Gasteiger charge is -2.01. The Kier molecular flexibility index (Phi) is 2.12. The fourth-order valence-corrected chi connectivity index (χ4v) is 1.07. The van der Waals surface area contributed by atoms with E-state index in [1.807, 2.05) is 12.1 Å². The summed E-state index contributed by atoms with van der Waals surface area (Å²) in [6, 6.07) is 4.36. The molecular formula is C9H11N3O. The number of anilines is 1. The van der Waals surface area contributed by atoms with Crippen molar-refractivity contribution in [1.29, 1.82) is 0 Å². The number of nitrogens with zero attached hydrogens (tertiary/aromatic N) is 2. The molecule has 2 N–H and O–H groups in total. The summed E-state index contributed by atoms with van der Waals surface area (Å²) in [6.45, 7) is 0. The van der Waals surface area contributed by atoms with E-state index in [2.05, 4.69) is 15.5 Å². The number of hydrogen-bond donors (Lipinski definition) is 2. The van der Waals surface area contributed by atoms with Gasteiger partial charge in [0.1, 0.15) is 5.82 Å². The van der Waals surface area contributed by atoms with Crippen LogP contribution in [0.3, 0.4) is 0 Å². The lowest BCUT2D eigenvalue weighted by atomic mass is 10.3. The minimum absolute atomic E-state index is 0.616. The molecule has 1 aliphatic carbocycles. The summed E-state index contributed by atoms with van der Waals surface area (Å²) >= 11 is 0. The van der Waals surface area contributed by atoms with Crippen LogP contribution in [0.2, 0.25) is 0 Å². The fourth-order valence-electron chi connectivity index (χ4n) is 1.07. The average molecular weight is 177 g/mol. The van der Waals surface area contributed by atoms with Gasteiger partial charge in [0.2, 0.25) is 0 Å². The van der Waals surface area contributed by atoms with E-state index in [4.69, 9.17) is 5.21 Å². The van der Waals surface area contributed by atoms with Gasteiger partial charge in [-0.25, -0.2) is 4.98 Å². The van der Waals surface area contributed by atoms with Crippen LogP contribution in [0.25, 0.3) is 0 Å². The van der Waals surface area contributed by atoms with Crippen LogP contribution in [0.5, 0.6) is 0 Å². The van der Waals surface area contributed by atoms with Crippen molar-refractivity contribution in [3.8, 4) is 0 Å². The highest BCUT2D eigenvalue weighted by molar-refractivity contribution is 5.78. The molecule has 1 aromatic rings. The minimum Gasteiger partial charge on any atom is -0.411 e. The zero-order valence-electron chi connectivity index (χ0n) is 7.14. The van der Waals surface area contributed by atoms with Crippen molar-refractivity contribution in [2.75, 3.05) is 5.32 Å². The molecule has 0 atom stereocenters. The van der Waals surface area contributed by atoms with E-state index in [9.17, 15) is 0 Å². The quantitative estimate of drug-likeness (QED) is 0.417. The van der Waals surface area contributed by atoms with Gasteiger partial charge in [-0.2, -0.15) is 0 Å². The Morgan fingerprint density at radius 1 is 1.54 bits per heavy atom. The Labute approximate surface area is 76.3 Å². The first-order valence-corrected chi connectivity index (χ1v) is 4.28. The van der Waals surface area contributed by atoms with E-state index in [0.717, 1.165) is 11.4 Å². The number of aromatic nitrogens is 1. The van der Waals surface area contributed by atoms with Crippen molar-refractivity contribution in [3.63, 3.8) is 0 Å². The second-order valence-electron chi connectivity index (χ2n) is 3.14. The Hall–Kier alpha value is -1.58. The Balaban J connectivity index is 2.03. The monoisotopic (exact) mass is 177 g/mol. The molecule has 1 fully saturated rings. The topological polar surface area (TPSA) is 57.5 Å². The smallest absolute Gasteiger partial charge is 0.126 e. The van der Waals surface area contributed by atoms with Gasteiger partial charge in [0.25, 0.3) is 0 Å². The van der Waals surface area contributed by atoms with Gasteiger partial charge >= 0.3 is 0 Å². The maximum Gasteiger partial charge on any atom is 0.126 e. The van der Waals surface area contributed by atoms with E-state index < -0.39 is 0 Å². The van der Waals surface area contributed by atoms with Gasteiger partial charge in [0.05, 0.1) is 6.21 Å². The van der Waals surface area contributed by atoms with Gasteiger partial charge in [0.15, 0.2) is 0 Å². The summed E-state index contributed by atoms with van der Waals surface area (Å²) in [4.78, 5) is 4.16. The second-order valence-corrected chi connectivity index (χ2v) is 3.14. The molecule has 4 nitrogen and oxygen atoms in total. The van der Waals surface area contributed by atoms with Crippen LogP contribution in [-0.2, 0) is 0 Å². The molecule has 0 aromatic carbocycles. The minimum atomic E-state index is 0.616. The molecule has 0 bridgehead atoms. The van der Waals surface area contributed by atoms with Gasteiger partial charge in [-0.1, -0.05) is 5.16 Å². The molecule has 0 unspecified atom stereocenters. The summed E-state index contributed by atoms with van der Waals surface area (Å²) in [5, 5.41) is 14.5. The molecule has 0 saturated heterocycles. The van der Waals surface area contributed by atoms with Crippen LogP contribution in [0.1, 0.15) is 18.4 Å². The van der Waals surface area contributed by atoms with E-state index in [0.29, 0.717) is 6.04 Å². The molecular weight excluding hydrogens is 166 g/mol. The Morgan fingerprint density at radius 2 is 2.38 bits per heavy atom. The maximum atomic E-state index is 8.27. The highest BCUT2D eigenvalue weighted by Crippen LogP contribution is 2.23. The predicted molar refractivity (Wildman–Crippen MR) is 50.3 cm³/mol. The molecule has 1 heterocycles. The standard InChI is InChI=1S/C9H11N3O/c13-11-6-7-1-4-9(10-5-7)12-8-2-3-8/h1,4-6,8,13H,2-3H2,(H,10,12)/b11-6+. The lowest BCUT2D eigenvalue weighted by molar-refractivity contribution is 0.322. The summed E-state index contributed by atoms with van der Waals surface area (Å²) in [7, 11) is 0. The molecule has 4 heteroatoms. The zero-order chi connectivity index (χ0) is 9.10. The number of pyridine rings is 1. The molecule has 1 aliphatic rings. The van der Waals surface area contributed by atoms with Crippen LogP contribution >= 0.6 is 0 Å². The highest BCUT2D eigenvalue weighted by atomic mass is 16.4. The van der Waals surface area contributed by atoms with Gasteiger partial charge in [-0.3, -0.25) is 0 Å². The molecule has 1 saturated carbocycles. The molecule has 0 aliphatic heterocycles. The van der Waals surface area contributed by atoms with Crippen LogP contribution < -0.4 is 5.32 Å². The normalized spacial score (nSPS) is 16.3. The van der Waals surface area contributed by atoms with Gasteiger partial charge in [0, 0.05) is 17.8 Å². The molecule has 2 rings (SSSR count). The van der Waals surface area contributed by atoms with Crippen molar-refractivity contribution in [2.45, 2.75) is 18.9 Å². The van der Waals surface area contributed by atoms with Crippen LogP contribution in [-0.4, -0.2) is 22.4 Å². The molecule has 0 radical (unpaired) electrons. The zero-order valence-corrected chi connectivity index (χ0v) is 7.14. The fraction of sp³-hybridized carbons (Fsp3) is 0.333. The van der Waals surface area contributed by atoms with Gasteiger partial charge in [-0.15, -0.1) is 0 Å². The van der Waals surface area contributed by atoms with Crippen molar-refractivity contribution < 1.29 is 5.21 Å². The molecule has 68 valence electrons. The van der Waals surface area contributed by atoms with E-state index >= 15 is 0 Å². The van der Waals surface area contributed by atoms with Crippen molar-refractivity contribution >= 4 is 12.0 Å². The third-order valence-corrected chi connectivity index (χ3v) is 1.92. The Morgan fingerprint density at radius 3 is 2.92 bits per heavy atom. The molecule has 0 spiro atoms. The van der Waals surface area contributed by atoms with Crippen LogP contribution in [0.4, 0.5) is 5.82 Å². The summed E-state index contributed by atoms with van der Waals surface area (Å²) in [5.41, 5.74) is 0.795. The SMILES string of the molecule is O/N=C/c1ccc(NC2CC2)nc1. The third kappa shape index (κ3) is 2.18. The van der Waals surface area contributed by atoms with Gasteiger partial charge in [-0.05, 0) is 25.0 Å². The summed E-state index contributed by atoms with van der Waals surface area (Å²) < 4.78 is 0. The van der Waals surface area contributed by atoms with Crippen LogP contribution in [0, 0.1) is 0 Å². The maximum absolute atomic E-state index is 8.27. The third-order valence-electron chi connectivity index (χ3n) is 1.92. The average Bonchev–Trinajstić information content (AvgIpc) is 2.93. The van der Waals surface area contributed by atoms with Crippen LogP contribution in [0.15, 0.2) is 23.5 Å². The molecule has 0 amide bonds. The van der Waals surface area contributed by atoms with Gasteiger partial charge < -0.3 is 10.5 Å². The van der Waals surface area contributed by atoms with E-state index in [-0.39, 0.29) is 0 Å². The van der Waals surface area contributed by atoms with Crippen molar-refractivity contribution in [3.05, 3.63) is 23.9 Å². The Bertz CT molecular complexity index is 303. The van der Waals surface area contributed by atoms with Crippen molar-refractivity contribution in [2.24, 2.45) is 5.16 Å². The first-order chi connectivity index (χ1) is 6.38. The highest BCUT2D eigenvalue weighted by Gasteiger charge is 2.20. The molecule has 13 heavy (non-hydrogen) atoms. The number of rotatable bonds is 3. The van der Waals surface area contributed by atoms with E-state index in [1.165, 1.54) is 19.1 Å². The first kappa shape index (κ1) is 8.04.